The number of carbonyl (C=O) groups excluding carboxylic acids is 1. The summed E-state index contributed by atoms with van der Waals surface area (Å²) in [6, 6.07) is 9.72. The molecule has 0 atom stereocenters. The second-order valence-corrected chi connectivity index (χ2v) is 11.7. The SMILES string of the molecule is CS(=O)(=O)c1ccc(-c2cnc(N3CC4(CC4)c4ccc(C(=O)N5CCOCC5)cc43)nc2)c(F)c1. The predicted molar refractivity (Wildman–Crippen MR) is 132 cm³/mol. The number of fused-ring (bicyclic) bond motifs is 2. The molecule has 8 nitrogen and oxygen atoms in total. The van der Waals surface area contributed by atoms with Crippen molar-refractivity contribution in [3.05, 3.63) is 65.7 Å². The Hall–Kier alpha value is -3.37. The number of aromatic nitrogens is 2. The molecule has 1 aromatic heterocycles. The Morgan fingerprint density at radius 2 is 1.78 bits per heavy atom. The van der Waals surface area contributed by atoms with E-state index in [1.807, 2.05) is 21.9 Å². The van der Waals surface area contributed by atoms with Crippen molar-refractivity contribution in [1.82, 2.24) is 14.9 Å². The number of carbonyl (C=O) groups is 1. The van der Waals surface area contributed by atoms with Crippen molar-refractivity contribution in [3.63, 3.8) is 0 Å². The number of ether oxygens (including phenoxy) is 1. The molecule has 3 aromatic rings. The fraction of sp³-hybridized carbons (Fsp3) is 0.346. The third-order valence-electron chi connectivity index (χ3n) is 7.28. The van der Waals surface area contributed by atoms with E-state index in [-0.39, 0.29) is 21.8 Å². The quantitative estimate of drug-likeness (QED) is 0.534. The molecule has 1 spiro atoms. The molecular formula is C26H25FN4O4S. The Balaban J connectivity index is 1.31. The lowest BCUT2D eigenvalue weighted by molar-refractivity contribution is 0.0303. The van der Waals surface area contributed by atoms with Gasteiger partial charge in [0.2, 0.25) is 5.95 Å². The Bertz CT molecular complexity index is 1470. The molecule has 1 aliphatic carbocycles. The van der Waals surface area contributed by atoms with Crippen LogP contribution in [-0.4, -0.2) is 68.3 Å². The molecule has 0 bridgehead atoms. The van der Waals surface area contributed by atoms with Crippen LogP contribution in [0.2, 0.25) is 0 Å². The van der Waals surface area contributed by atoms with Crippen molar-refractivity contribution in [3.8, 4) is 11.1 Å². The highest BCUT2D eigenvalue weighted by Gasteiger charge is 2.52. The third-order valence-corrected chi connectivity index (χ3v) is 8.39. The second-order valence-electron chi connectivity index (χ2n) is 9.69. The molecule has 0 radical (unpaired) electrons. The summed E-state index contributed by atoms with van der Waals surface area (Å²) in [4.78, 5) is 25.9. The Morgan fingerprint density at radius 1 is 1.06 bits per heavy atom. The highest BCUT2D eigenvalue weighted by atomic mass is 32.2. The lowest BCUT2D eigenvalue weighted by Gasteiger charge is -2.27. The molecule has 6 rings (SSSR count). The zero-order valence-corrected chi connectivity index (χ0v) is 20.6. The van der Waals surface area contributed by atoms with Gasteiger partial charge in [-0.05, 0) is 42.7 Å². The summed E-state index contributed by atoms with van der Waals surface area (Å²) in [5.41, 5.74) is 3.51. The molecule has 36 heavy (non-hydrogen) atoms. The molecule has 10 heteroatoms. The van der Waals surface area contributed by atoms with Crippen molar-refractivity contribution >= 4 is 27.4 Å². The third kappa shape index (κ3) is 3.94. The van der Waals surface area contributed by atoms with Crippen LogP contribution in [0.4, 0.5) is 16.0 Å². The number of nitrogens with zero attached hydrogens (tertiary/aromatic N) is 4. The minimum Gasteiger partial charge on any atom is -0.378 e. The minimum absolute atomic E-state index is 0.0120. The standard InChI is InChI=1S/C26H25FN4O4S/c1-36(33,34)19-3-4-20(22(27)13-19)18-14-28-25(29-15-18)31-16-26(6-7-26)21-5-2-17(12-23(21)31)24(32)30-8-10-35-11-9-30/h2-5,12-15H,6-11,16H2,1H3. The average molecular weight is 509 g/mol. The first-order valence-electron chi connectivity index (χ1n) is 11.9. The van der Waals surface area contributed by atoms with Crippen molar-refractivity contribution in [2.45, 2.75) is 23.2 Å². The molecule has 2 fully saturated rings. The van der Waals surface area contributed by atoms with Gasteiger partial charge >= 0.3 is 0 Å². The number of sulfone groups is 1. The average Bonchev–Trinajstić information content (AvgIpc) is 3.60. The second kappa shape index (κ2) is 8.35. The van der Waals surface area contributed by atoms with Gasteiger partial charge in [-0.3, -0.25) is 4.79 Å². The molecular weight excluding hydrogens is 483 g/mol. The number of benzene rings is 2. The van der Waals surface area contributed by atoms with E-state index in [4.69, 9.17) is 4.74 Å². The van der Waals surface area contributed by atoms with E-state index >= 15 is 0 Å². The predicted octanol–water partition coefficient (Wildman–Crippen LogP) is 3.34. The van der Waals surface area contributed by atoms with Crippen LogP contribution in [0.25, 0.3) is 11.1 Å². The number of halogens is 1. The minimum atomic E-state index is -3.50. The Morgan fingerprint density at radius 3 is 2.42 bits per heavy atom. The first-order chi connectivity index (χ1) is 17.2. The van der Waals surface area contributed by atoms with E-state index in [1.165, 1.54) is 17.7 Å². The maximum atomic E-state index is 14.7. The van der Waals surface area contributed by atoms with Gasteiger partial charge in [0.05, 0.1) is 18.1 Å². The monoisotopic (exact) mass is 508 g/mol. The molecule has 1 amide bonds. The number of anilines is 2. The zero-order valence-electron chi connectivity index (χ0n) is 19.8. The summed E-state index contributed by atoms with van der Waals surface area (Å²) in [5, 5.41) is 0. The molecule has 2 aromatic carbocycles. The van der Waals surface area contributed by atoms with Gasteiger partial charge in [-0.1, -0.05) is 12.1 Å². The number of amides is 1. The van der Waals surface area contributed by atoms with E-state index in [0.717, 1.165) is 37.4 Å². The fourth-order valence-electron chi connectivity index (χ4n) is 5.08. The normalized spacial score (nSPS) is 18.4. The van der Waals surface area contributed by atoms with Crippen LogP contribution in [0.3, 0.4) is 0 Å². The Kier molecular flexibility index (Phi) is 5.34. The molecule has 186 valence electrons. The number of hydrogen-bond donors (Lipinski definition) is 0. The van der Waals surface area contributed by atoms with E-state index in [2.05, 4.69) is 16.0 Å². The van der Waals surface area contributed by atoms with Crippen molar-refractivity contribution < 1.29 is 22.3 Å². The summed E-state index contributed by atoms with van der Waals surface area (Å²) < 4.78 is 43.5. The first kappa shape index (κ1) is 23.1. The van der Waals surface area contributed by atoms with Gasteiger partial charge in [0, 0.05) is 66.1 Å². The van der Waals surface area contributed by atoms with Gasteiger partial charge in [0.25, 0.3) is 5.91 Å². The molecule has 2 aliphatic heterocycles. The summed E-state index contributed by atoms with van der Waals surface area (Å²) >= 11 is 0. The van der Waals surface area contributed by atoms with E-state index in [0.29, 0.717) is 43.4 Å². The summed E-state index contributed by atoms with van der Waals surface area (Å²) in [7, 11) is -3.50. The zero-order chi connectivity index (χ0) is 25.1. The topological polar surface area (TPSA) is 92.7 Å². The van der Waals surface area contributed by atoms with E-state index in [9.17, 15) is 17.6 Å². The summed E-state index contributed by atoms with van der Waals surface area (Å²) in [6.07, 6.45) is 6.27. The van der Waals surface area contributed by atoms with Gasteiger partial charge in [0.15, 0.2) is 9.84 Å². The maximum absolute atomic E-state index is 14.7. The highest BCUT2D eigenvalue weighted by molar-refractivity contribution is 7.90. The molecule has 0 unspecified atom stereocenters. The number of morpholine rings is 1. The number of rotatable bonds is 4. The van der Waals surface area contributed by atoms with Crippen LogP contribution in [-0.2, 0) is 20.0 Å². The Labute approximate surface area is 208 Å². The maximum Gasteiger partial charge on any atom is 0.254 e. The lowest BCUT2D eigenvalue weighted by atomic mass is 9.97. The van der Waals surface area contributed by atoms with Gasteiger partial charge in [-0.15, -0.1) is 0 Å². The van der Waals surface area contributed by atoms with Crippen LogP contribution in [0, 0.1) is 5.82 Å². The van der Waals surface area contributed by atoms with Crippen LogP contribution in [0.5, 0.6) is 0 Å². The van der Waals surface area contributed by atoms with Crippen molar-refractivity contribution in [2.24, 2.45) is 0 Å². The molecule has 0 N–H and O–H groups in total. The van der Waals surface area contributed by atoms with Crippen molar-refractivity contribution in [1.29, 1.82) is 0 Å². The number of hydrogen-bond acceptors (Lipinski definition) is 7. The van der Waals surface area contributed by atoms with E-state index in [1.54, 1.807) is 12.4 Å². The van der Waals surface area contributed by atoms with Crippen LogP contribution in [0.1, 0.15) is 28.8 Å². The van der Waals surface area contributed by atoms with Crippen LogP contribution in [0.15, 0.2) is 53.7 Å². The highest BCUT2D eigenvalue weighted by Crippen LogP contribution is 2.57. The molecule has 3 aliphatic rings. The first-order valence-corrected chi connectivity index (χ1v) is 13.8. The fourth-order valence-corrected chi connectivity index (χ4v) is 5.71. The van der Waals surface area contributed by atoms with Crippen LogP contribution < -0.4 is 4.90 Å². The largest absolute Gasteiger partial charge is 0.378 e. The van der Waals surface area contributed by atoms with Gasteiger partial charge < -0.3 is 14.5 Å². The van der Waals surface area contributed by atoms with Gasteiger partial charge in [0.1, 0.15) is 5.82 Å². The van der Waals surface area contributed by atoms with E-state index < -0.39 is 15.7 Å². The molecule has 3 heterocycles. The molecule has 1 saturated carbocycles. The van der Waals surface area contributed by atoms with Gasteiger partial charge in [-0.25, -0.2) is 22.8 Å². The molecule has 1 saturated heterocycles. The van der Waals surface area contributed by atoms with Crippen molar-refractivity contribution in [2.75, 3.05) is 44.0 Å². The lowest BCUT2D eigenvalue weighted by Crippen LogP contribution is -2.40. The summed E-state index contributed by atoms with van der Waals surface area (Å²) in [6.45, 7) is 2.98. The van der Waals surface area contributed by atoms with Gasteiger partial charge in [-0.2, -0.15) is 0 Å². The smallest absolute Gasteiger partial charge is 0.254 e. The van der Waals surface area contributed by atoms with Crippen LogP contribution >= 0.6 is 0 Å². The summed E-state index contributed by atoms with van der Waals surface area (Å²) in [5.74, 6) is -0.181.